The van der Waals surface area contributed by atoms with Crippen LogP contribution in [0.4, 0.5) is 0 Å². The predicted octanol–water partition coefficient (Wildman–Crippen LogP) is 4.41. The first-order chi connectivity index (χ1) is 8.24. The van der Waals surface area contributed by atoms with E-state index in [4.69, 9.17) is 11.6 Å². The molecule has 0 saturated heterocycles. The molecule has 1 aliphatic carbocycles. The van der Waals surface area contributed by atoms with E-state index >= 15 is 0 Å². The fourth-order valence-electron chi connectivity index (χ4n) is 2.18. The van der Waals surface area contributed by atoms with Crippen LogP contribution in [0, 0.1) is 0 Å². The van der Waals surface area contributed by atoms with E-state index in [-0.39, 0.29) is 0 Å². The lowest BCUT2D eigenvalue weighted by atomic mass is 9.90. The fourth-order valence-corrected chi connectivity index (χ4v) is 2.31. The monoisotopic (exact) mass is 241 g/mol. The lowest BCUT2D eigenvalue weighted by Crippen LogP contribution is -2.00. The summed E-state index contributed by atoms with van der Waals surface area (Å²) >= 11 is 5.90. The number of allylic oxidation sites excluding steroid dienone is 5. The second-order valence-corrected chi connectivity index (χ2v) is 4.73. The molecule has 2 aliphatic rings. The molecule has 0 unspecified atom stereocenters. The summed E-state index contributed by atoms with van der Waals surface area (Å²) < 4.78 is 0. The smallest absolute Gasteiger partial charge is 0.0448 e. The highest BCUT2D eigenvalue weighted by molar-refractivity contribution is 6.30. The number of halogens is 1. The van der Waals surface area contributed by atoms with Crippen LogP contribution in [-0.2, 0) is 0 Å². The molecule has 0 atom stereocenters. The van der Waals surface area contributed by atoms with Gasteiger partial charge in [0.2, 0.25) is 0 Å². The lowest BCUT2D eigenvalue weighted by Gasteiger charge is -2.13. The molecule has 17 heavy (non-hydrogen) atoms. The van der Waals surface area contributed by atoms with Gasteiger partial charge in [0, 0.05) is 22.5 Å². The normalized spacial score (nSPS) is 18.0. The number of benzene rings is 1. The van der Waals surface area contributed by atoms with E-state index in [1.807, 2.05) is 18.3 Å². The largest absolute Gasteiger partial charge is 0.261 e. The Bertz CT molecular complexity index is 586. The van der Waals surface area contributed by atoms with Crippen LogP contribution in [0.5, 0.6) is 0 Å². The lowest BCUT2D eigenvalue weighted by molar-refractivity contribution is 1.24. The minimum Gasteiger partial charge on any atom is -0.261 e. The second-order valence-electron chi connectivity index (χ2n) is 4.30. The summed E-state index contributed by atoms with van der Waals surface area (Å²) in [6, 6.07) is 7.97. The summed E-state index contributed by atoms with van der Waals surface area (Å²) in [4.78, 5) is 4.35. The number of rotatable bonds is 1. The maximum Gasteiger partial charge on any atom is 0.0448 e. The summed E-state index contributed by atoms with van der Waals surface area (Å²) in [5, 5.41) is 0.775. The van der Waals surface area contributed by atoms with Crippen molar-refractivity contribution in [2.24, 2.45) is 4.99 Å². The Morgan fingerprint density at radius 1 is 1.18 bits per heavy atom. The molecule has 0 amide bonds. The van der Waals surface area contributed by atoms with E-state index in [9.17, 15) is 0 Å². The predicted molar refractivity (Wildman–Crippen MR) is 73.3 cm³/mol. The van der Waals surface area contributed by atoms with Crippen LogP contribution in [-0.4, -0.2) is 5.71 Å². The van der Waals surface area contributed by atoms with Crippen LogP contribution in [0.15, 0.2) is 58.8 Å². The quantitative estimate of drug-likeness (QED) is 0.691. The number of aliphatic imine (C=N–C) groups is 1. The van der Waals surface area contributed by atoms with Crippen molar-refractivity contribution in [3.05, 3.63) is 64.3 Å². The molecule has 1 aromatic rings. The van der Waals surface area contributed by atoms with Gasteiger partial charge in [-0.25, -0.2) is 0 Å². The van der Waals surface area contributed by atoms with Crippen LogP contribution in [0.25, 0.3) is 5.57 Å². The maximum absolute atomic E-state index is 5.90. The van der Waals surface area contributed by atoms with Gasteiger partial charge in [-0.2, -0.15) is 0 Å². The minimum atomic E-state index is 0.775. The molecule has 2 heteroatoms. The van der Waals surface area contributed by atoms with Crippen LogP contribution in [0.2, 0.25) is 5.02 Å². The van der Waals surface area contributed by atoms with Gasteiger partial charge in [-0.1, -0.05) is 29.8 Å². The average molecular weight is 242 g/mol. The van der Waals surface area contributed by atoms with Crippen LogP contribution in [0.1, 0.15) is 18.9 Å². The first-order valence-corrected chi connectivity index (χ1v) is 6.04. The molecule has 1 aromatic carbocycles. The van der Waals surface area contributed by atoms with E-state index in [2.05, 4.69) is 36.2 Å². The Labute approximate surface area is 106 Å². The van der Waals surface area contributed by atoms with Gasteiger partial charge in [0.25, 0.3) is 0 Å². The highest BCUT2D eigenvalue weighted by atomic mass is 35.5. The van der Waals surface area contributed by atoms with E-state index in [0.29, 0.717) is 0 Å². The summed E-state index contributed by atoms with van der Waals surface area (Å²) in [6.07, 6.45) is 7.39. The van der Waals surface area contributed by atoms with Crippen molar-refractivity contribution in [3.8, 4) is 0 Å². The zero-order chi connectivity index (χ0) is 11.8. The molecule has 0 bridgehead atoms. The molecule has 0 saturated carbocycles. The van der Waals surface area contributed by atoms with Gasteiger partial charge in [-0.3, -0.25) is 4.99 Å². The Kier molecular flexibility index (Phi) is 2.49. The minimum absolute atomic E-state index is 0.775. The maximum atomic E-state index is 5.90. The zero-order valence-corrected chi connectivity index (χ0v) is 10.3. The molecule has 0 N–H and O–H groups in total. The van der Waals surface area contributed by atoms with E-state index < -0.39 is 0 Å². The van der Waals surface area contributed by atoms with Crippen LogP contribution in [0.3, 0.4) is 0 Å². The van der Waals surface area contributed by atoms with Crippen molar-refractivity contribution in [3.63, 3.8) is 0 Å². The highest BCUT2D eigenvalue weighted by Gasteiger charge is 2.17. The molecule has 3 rings (SSSR count). The summed E-state index contributed by atoms with van der Waals surface area (Å²) in [7, 11) is 0. The van der Waals surface area contributed by atoms with E-state index in [0.717, 1.165) is 17.2 Å². The Morgan fingerprint density at radius 3 is 2.71 bits per heavy atom. The highest BCUT2D eigenvalue weighted by Crippen LogP contribution is 2.32. The molecule has 0 spiro atoms. The van der Waals surface area contributed by atoms with Crippen molar-refractivity contribution < 1.29 is 0 Å². The first kappa shape index (κ1) is 10.5. The van der Waals surface area contributed by atoms with Crippen LogP contribution < -0.4 is 0 Å². The third kappa shape index (κ3) is 1.87. The molecule has 0 radical (unpaired) electrons. The van der Waals surface area contributed by atoms with Crippen molar-refractivity contribution in [2.45, 2.75) is 13.3 Å². The number of hydrogen-bond donors (Lipinski definition) is 0. The molecule has 1 nitrogen and oxygen atoms in total. The first-order valence-electron chi connectivity index (χ1n) is 5.66. The number of fused-ring (bicyclic) bond motifs is 1. The fraction of sp³-hybridized carbons (Fsp3) is 0.133. The van der Waals surface area contributed by atoms with Crippen molar-refractivity contribution in [1.29, 1.82) is 0 Å². The van der Waals surface area contributed by atoms with Crippen molar-refractivity contribution in [1.82, 2.24) is 0 Å². The summed E-state index contributed by atoms with van der Waals surface area (Å²) in [5.74, 6) is 0. The molecule has 1 aliphatic heterocycles. The molecular weight excluding hydrogens is 230 g/mol. The average Bonchev–Trinajstić information content (AvgIpc) is 2.72. The van der Waals surface area contributed by atoms with Gasteiger partial charge in [0.05, 0.1) is 0 Å². The van der Waals surface area contributed by atoms with Gasteiger partial charge in [0.1, 0.15) is 0 Å². The topological polar surface area (TPSA) is 12.4 Å². The molecule has 1 heterocycles. The Balaban J connectivity index is 1.99. The third-order valence-electron chi connectivity index (χ3n) is 3.17. The van der Waals surface area contributed by atoms with E-state index in [1.165, 1.54) is 22.3 Å². The summed E-state index contributed by atoms with van der Waals surface area (Å²) in [6.45, 7) is 2.06. The van der Waals surface area contributed by atoms with Gasteiger partial charge in [-0.15, -0.1) is 0 Å². The molecular formula is C15H12ClN. The molecule has 84 valence electrons. The van der Waals surface area contributed by atoms with Gasteiger partial charge < -0.3 is 0 Å². The number of nitrogens with zero attached hydrogens (tertiary/aromatic N) is 1. The molecule has 0 fully saturated rings. The third-order valence-corrected chi connectivity index (χ3v) is 3.42. The Hall–Kier alpha value is -1.60. The van der Waals surface area contributed by atoms with Gasteiger partial charge in [0.15, 0.2) is 0 Å². The van der Waals surface area contributed by atoms with Crippen molar-refractivity contribution in [2.75, 3.05) is 0 Å². The molecule has 0 aromatic heterocycles. The SMILES string of the molecule is CC1=NC=C2CC=C(c3ccc(Cl)cc3)C=C21. The van der Waals surface area contributed by atoms with Gasteiger partial charge in [-0.05, 0) is 48.3 Å². The van der Waals surface area contributed by atoms with E-state index in [1.54, 1.807) is 0 Å². The second kappa shape index (κ2) is 4.01. The zero-order valence-electron chi connectivity index (χ0n) is 9.57. The number of hydrogen-bond acceptors (Lipinski definition) is 1. The Morgan fingerprint density at radius 2 is 1.94 bits per heavy atom. The van der Waals surface area contributed by atoms with Crippen LogP contribution >= 0.6 is 11.6 Å². The van der Waals surface area contributed by atoms with Crippen molar-refractivity contribution >= 4 is 22.9 Å². The standard InChI is InChI=1S/C15H12ClN/c1-10-15-8-12(2-3-13(15)9-17-10)11-4-6-14(16)7-5-11/h2,4-9H,3H2,1H3. The van der Waals surface area contributed by atoms with Gasteiger partial charge >= 0.3 is 0 Å². The summed E-state index contributed by atoms with van der Waals surface area (Å²) in [5.41, 5.74) is 6.17.